The summed E-state index contributed by atoms with van der Waals surface area (Å²) in [5.41, 5.74) is 1.39. The second-order valence-electron chi connectivity index (χ2n) is 7.04. The summed E-state index contributed by atoms with van der Waals surface area (Å²) in [6.45, 7) is 0.598. The van der Waals surface area contributed by atoms with E-state index in [9.17, 15) is 4.79 Å². The van der Waals surface area contributed by atoms with E-state index in [4.69, 9.17) is 18.7 Å². The molecule has 4 rings (SSSR count). The molecule has 162 valence electrons. The maximum Gasteiger partial charge on any atom is 0.322 e. The average molecular weight is 424 g/mol. The summed E-state index contributed by atoms with van der Waals surface area (Å²) in [6, 6.07) is 12.1. The van der Waals surface area contributed by atoms with Crippen molar-refractivity contribution in [3.05, 3.63) is 48.4 Å². The molecule has 9 nitrogen and oxygen atoms in total. The maximum absolute atomic E-state index is 12.9. The lowest BCUT2D eigenvalue weighted by Crippen LogP contribution is -2.34. The predicted octanol–water partition coefficient (Wildman–Crippen LogP) is 4.13. The fraction of sp³-hybridized carbons (Fsp3) is 0.318. The van der Waals surface area contributed by atoms with Gasteiger partial charge in [-0.15, -0.1) is 0 Å². The van der Waals surface area contributed by atoms with Crippen LogP contribution in [0.25, 0.3) is 11.4 Å². The molecule has 0 saturated carbocycles. The zero-order valence-corrected chi connectivity index (χ0v) is 17.6. The molecule has 0 radical (unpaired) electrons. The van der Waals surface area contributed by atoms with Gasteiger partial charge in [0.15, 0.2) is 11.5 Å². The standard InChI is InChI=1S/C22H24N4O5/c1-28-16-7-4-6-14(12-16)20-24-21(31-25-20)17-8-5-11-26(17)22(27)23-15-9-10-18(29-2)19(13-15)30-3/h4,6-7,9-10,12-13,17H,5,8,11H2,1-3H3,(H,23,27)/t17-/m1/s1. The van der Waals surface area contributed by atoms with E-state index in [1.54, 1.807) is 44.4 Å². The molecule has 1 N–H and O–H groups in total. The summed E-state index contributed by atoms with van der Waals surface area (Å²) in [6.07, 6.45) is 1.60. The summed E-state index contributed by atoms with van der Waals surface area (Å²) < 4.78 is 21.3. The molecule has 2 heterocycles. The highest BCUT2D eigenvalue weighted by atomic mass is 16.5. The second kappa shape index (κ2) is 8.95. The number of ether oxygens (including phenoxy) is 3. The van der Waals surface area contributed by atoms with Crippen LogP contribution in [0.15, 0.2) is 47.0 Å². The van der Waals surface area contributed by atoms with Crippen molar-refractivity contribution < 1.29 is 23.5 Å². The molecule has 31 heavy (non-hydrogen) atoms. The van der Waals surface area contributed by atoms with E-state index in [1.165, 1.54) is 0 Å². The number of aromatic nitrogens is 2. The van der Waals surface area contributed by atoms with E-state index in [2.05, 4.69) is 15.5 Å². The Balaban J connectivity index is 1.50. The largest absolute Gasteiger partial charge is 0.497 e. The van der Waals surface area contributed by atoms with E-state index in [-0.39, 0.29) is 12.1 Å². The number of likely N-dealkylation sites (tertiary alicyclic amines) is 1. The molecule has 0 bridgehead atoms. The Morgan fingerprint density at radius 3 is 2.71 bits per heavy atom. The van der Waals surface area contributed by atoms with Gasteiger partial charge in [0.05, 0.1) is 21.3 Å². The molecule has 0 aliphatic carbocycles. The molecule has 0 unspecified atom stereocenters. The van der Waals surface area contributed by atoms with Gasteiger partial charge < -0.3 is 29.0 Å². The average Bonchev–Trinajstić information content (AvgIpc) is 3.48. The molecule has 2 aromatic carbocycles. The van der Waals surface area contributed by atoms with Crippen LogP contribution in [-0.2, 0) is 0 Å². The zero-order chi connectivity index (χ0) is 21.8. The fourth-order valence-corrected chi connectivity index (χ4v) is 3.63. The molecule has 3 aromatic rings. The molecule has 9 heteroatoms. The van der Waals surface area contributed by atoms with Crippen molar-refractivity contribution in [3.8, 4) is 28.6 Å². The van der Waals surface area contributed by atoms with Gasteiger partial charge in [0.25, 0.3) is 0 Å². The first kappa shape index (κ1) is 20.5. The maximum atomic E-state index is 12.9. The lowest BCUT2D eigenvalue weighted by Gasteiger charge is -2.22. The molecule has 1 aliphatic rings. The lowest BCUT2D eigenvalue weighted by atomic mass is 10.2. The molecule has 1 aliphatic heterocycles. The number of urea groups is 1. The number of carbonyl (C=O) groups excluding carboxylic acids is 1. The van der Waals surface area contributed by atoms with E-state index < -0.39 is 0 Å². The van der Waals surface area contributed by atoms with Crippen molar-refractivity contribution in [1.29, 1.82) is 0 Å². The van der Waals surface area contributed by atoms with Gasteiger partial charge in [-0.1, -0.05) is 17.3 Å². The van der Waals surface area contributed by atoms with Crippen molar-refractivity contribution >= 4 is 11.7 Å². The highest BCUT2D eigenvalue weighted by molar-refractivity contribution is 5.90. The Morgan fingerprint density at radius 2 is 1.94 bits per heavy atom. The molecule has 1 saturated heterocycles. The van der Waals surface area contributed by atoms with E-state index in [1.807, 2.05) is 24.3 Å². The number of hydrogen-bond donors (Lipinski definition) is 1. The summed E-state index contributed by atoms with van der Waals surface area (Å²) in [5.74, 6) is 2.72. The van der Waals surface area contributed by atoms with E-state index >= 15 is 0 Å². The Hall–Kier alpha value is -3.75. The summed E-state index contributed by atoms with van der Waals surface area (Å²) in [5, 5.41) is 7.00. The summed E-state index contributed by atoms with van der Waals surface area (Å²) in [4.78, 5) is 19.2. The van der Waals surface area contributed by atoms with Crippen molar-refractivity contribution in [1.82, 2.24) is 15.0 Å². The molecule has 2 amide bonds. The quantitative estimate of drug-likeness (QED) is 0.635. The van der Waals surface area contributed by atoms with E-state index in [0.29, 0.717) is 41.2 Å². The minimum absolute atomic E-state index is 0.240. The molecular formula is C22H24N4O5. The van der Waals surface area contributed by atoms with Gasteiger partial charge in [-0.05, 0) is 37.1 Å². The zero-order valence-electron chi connectivity index (χ0n) is 17.6. The molecule has 1 fully saturated rings. The summed E-state index contributed by atoms with van der Waals surface area (Å²) in [7, 11) is 4.72. The third-order valence-electron chi connectivity index (χ3n) is 5.20. The SMILES string of the molecule is COc1cccc(-c2noc([C@H]3CCCN3C(=O)Nc3ccc(OC)c(OC)c3)n2)c1. The number of rotatable bonds is 6. The first-order chi connectivity index (χ1) is 15.1. The number of benzene rings is 2. The first-order valence-electron chi connectivity index (χ1n) is 9.90. The molecular weight excluding hydrogens is 400 g/mol. The van der Waals surface area contributed by atoms with Gasteiger partial charge >= 0.3 is 6.03 Å². The lowest BCUT2D eigenvalue weighted by molar-refractivity contribution is 0.193. The van der Waals surface area contributed by atoms with Crippen LogP contribution < -0.4 is 19.5 Å². The van der Waals surface area contributed by atoms with Crippen LogP contribution in [0.5, 0.6) is 17.2 Å². The van der Waals surface area contributed by atoms with E-state index in [0.717, 1.165) is 18.4 Å². The Morgan fingerprint density at radius 1 is 1.10 bits per heavy atom. The van der Waals surface area contributed by atoms with Crippen molar-refractivity contribution in [2.75, 3.05) is 33.2 Å². The molecule has 1 aromatic heterocycles. The third kappa shape index (κ3) is 4.25. The van der Waals surface area contributed by atoms with Crippen LogP contribution in [0.4, 0.5) is 10.5 Å². The van der Waals surface area contributed by atoms with Gasteiger partial charge in [0.2, 0.25) is 11.7 Å². The van der Waals surface area contributed by atoms with Crippen molar-refractivity contribution in [2.24, 2.45) is 0 Å². The van der Waals surface area contributed by atoms with Gasteiger partial charge in [0.1, 0.15) is 11.8 Å². The van der Waals surface area contributed by atoms with Crippen LogP contribution in [0.2, 0.25) is 0 Å². The second-order valence-corrected chi connectivity index (χ2v) is 7.04. The monoisotopic (exact) mass is 424 g/mol. The number of nitrogens with zero attached hydrogens (tertiary/aromatic N) is 3. The van der Waals surface area contributed by atoms with Crippen LogP contribution in [0, 0.1) is 0 Å². The van der Waals surface area contributed by atoms with Gasteiger partial charge in [-0.3, -0.25) is 0 Å². The number of carbonyl (C=O) groups is 1. The van der Waals surface area contributed by atoms with Gasteiger partial charge in [-0.25, -0.2) is 4.79 Å². The minimum atomic E-state index is -0.285. The first-order valence-corrected chi connectivity index (χ1v) is 9.90. The molecule has 1 atom stereocenters. The predicted molar refractivity (Wildman–Crippen MR) is 114 cm³/mol. The Kier molecular flexibility index (Phi) is 5.92. The Labute approximate surface area is 179 Å². The fourth-order valence-electron chi connectivity index (χ4n) is 3.63. The van der Waals surface area contributed by atoms with Crippen LogP contribution in [-0.4, -0.2) is 48.9 Å². The third-order valence-corrected chi connectivity index (χ3v) is 5.20. The number of methoxy groups -OCH3 is 3. The van der Waals surface area contributed by atoms with Crippen molar-refractivity contribution in [3.63, 3.8) is 0 Å². The summed E-state index contributed by atoms with van der Waals surface area (Å²) >= 11 is 0. The highest BCUT2D eigenvalue weighted by Crippen LogP contribution is 2.34. The van der Waals surface area contributed by atoms with Crippen LogP contribution in [0.3, 0.4) is 0 Å². The van der Waals surface area contributed by atoms with Crippen LogP contribution in [0.1, 0.15) is 24.8 Å². The Bertz CT molecular complexity index is 1070. The number of anilines is 1. The van der Waals surface area contributed by atoms with Gasteiger partial charge in [0, 0.05) is 23.9 Å². The molecule has 0 spiro atoms. The van der Waals surface area contributed by atoms with Crippen LogP contribution >= 0.6 is 0 Å². The van der Waals surface area contributed by atoms with Gasteiger partial charge in [-0.2, -0.15) is 4.98 Å². The number of nitrogens with one attached hydrogen (secondary N) is 1. The minimum Gasteiger partial charge on any atom is -0.497 e. The number of amides is 2. The smallest absolute Gasteiger partial charge is 0.322 e. The number of hydrogen-bond acceptors (Lipinski definition) is 7. The topological polar surface area (TPSA) is 99.0 Å². The normalized spacial score (nSPS) is 15.6. The highest BCUT2D eigenvalue weighted by Gasteiger charge is 2.34. The van der Waals surface area contributed by atoms with Crippen molar-refractivity contribution in [2.45, 2.75) is 18.9 Å².